The van der Waals surface area contributed by atoms with Crippen LogP contribution in [0.4, 0.5) is 0 Å². The first kappa shape index (κ1) is 18.6. The minimum absolute atomic E-state index is 0.0176. The van der Waals surface area contributed by atoms with Gasteiger partial charge in [0.25, 0.3) is 5.56 Å². The van der Waals surface area contributed by atoms with Gasteiger partial charge in [0.05, 0.1) is 22.0 Å². The van der Waals surface area contributed by atoms with Gasteiger partial charge in [-0.05, 0) is 25.0 Å². The number of nitrogens with one attached hydrogen (secondary N) is 1. The van der Waals surface area contributed by atoms with E-state index >= 15 is 0 Å². The summed E-state index contributed by atoms with van der Waals surface area (Å²) in [4.78, 5) is 31.0. The monoisotopic (exact) mass is 401 g/mol. The highest BCUT2D eigenvalue weighted by atomic mass is 32.2. The highest BCUT2D eigenvalue weighted by Gasteiger charge is 2.27. The van der Waals surface area contributed by atoms with Gasteiger partial charge in [-0.25, -0.2) is 4.98 Å². The van der Waals surface area contributed by atoms with Gasteiger partial charge in [0.15, 0.2) is 5.16 Å². The van der Waals surface area contributed by atoms with Crippen LogP contribution in [0.1, 0.15) is 38.3 Å². The van der Waals surface area contributed by atoms with Crippen LogP contribution >= 0.6 is 23.5 Å². The third-order valence-electron chi connectivity index (χ3n) is 4.95. The van der Waals surface area contributed by atoms with Crippen molar-refractivity contribution in [1.29, 1.82) is 0 Å². The molecule has 0 radical (unpaired) electrons. The first-order valence-corrected chi connectivity index (χ1v) is 11.3. The number of fused-ring (bicyclic) bond motifs is 1. The number of aromatic nitrogens is 2. The number of hydrogen-bond donors (Lipinski definition) is 1. The third kappa shape index (κ3) is 4.09. The summed E-state index contributed by atoms with van der Waals surface area (Å²) in [5.41, 5.74) is 1.62. The van der Waals surface area contributed by atoms with Gasteiger partial charge in [-0.2, -0.15) is 0 Å². The SMILES string of the molecule is CC1Cc2nc(SCC(=O)NC3CCCC3)n(-c3ccccc3)c(=O)c2S1. The number of nitrogens with zero attached hydrogens (tertiary/aromatic N) is 2. The molecule has 7 heteroatoms. The second-order valence-corrected chi connectivity index (χ2v) is 9.51. The lowest BCUT2D eigenvalue weighted by Gasteiger charge is -2.15. The summed E-state index contributed by atoms with van der Waals surface area (Å²) >= 11 is 2.94. The number of thioether (sulfide) groups is 2. The first-order valence-electron chi connectivity index (χ1n) is 9.42. The fourth-order valence-electron chi connectivity index (χ4n) is 3.67. The summed E-state index contributed by atoms with van der Waals surface area (Å²) < 4.78 is 1.65. The minimum atomic E-state index is -0.0285. The predicted octanol–water partition coefficient (Wildman–Crippen LogP) is 3.42. The van der Waals surface area contributed by atoms with E-state index in [1.807, 2.05) is 30.3 Å². The second kappa shape index (κ2) is 8.10. The standard InChI is InChI=1S/C20H23N3O2S2/c1-13-11-16-18(27-13)19(25)23(15-9-3-2-4-10-15)20(22-16)26-12-17(24)21-14-7-5-6-8-14/h2-4,9-10,13-14H,5-8,11-12H2,1H3,(H,21,24). The highest BCUT2D eigenvalue weighted by Crippen LogP contribution is 2.34. The van der Waals surface area contributed by atoms with Crippen LogP contribution in [-0.2, 0) is 11.2 Å². The van der Waals surface area contributed by atoms with Gasteiger partial charge >= 0.3 is 0 Å². The van der Waals surface area contributed by atoms with E-state index in [0.717, 1.165) is 35.5 Å². The number of hydrogen-bond acceptors (Lipinski definition) is 5. The number of rotatable bonds is 5. The molecule has 27 heavy (non-hydrogen) atoms. The normalized spacial score (nSPS) is 19.2. The molecule has 1 unspecified atom stereocenters. The van der Waals surface area contributed by atoms with Crippen molar-refractivity contribution in [2.45, 2.75) is 60.4 Å². The summed E-state index contributed by atoms with van der Waals surface area (Å²) in [5.74, 6) is 0.293. The van der Waals surface area contributed by atoms with Crippen LogP contribution < -0.4 is 10.9 Å². The van der Waals surface area contributed by atoms with Gasteiger partial charge in [0.1, 0.15) is 0 Å². The van der Waals surface area contributed by atoms with Crippen LogP contribution in [0.25, 0.3) is 5.69 Å². The molecular formula is C20H23N3O2S2. The first-order chi connectivity index (χ1) is 13.1. The molecule has 4 rings (SSSR count). The van der Waals surface area contributed by atoms with E-state index in [1.54, 1.807) is 16.3 Å². The Kier molecular flexibility index (Phi) is 5.59. The Morgan fingerprint density at radius 1 is 1.30 bits per heavy atom. The van der Waals surface area contributed by atoms with Gasteiger partial charge in [-0.3, -0.25) is 14.2 Å². The molecule has 0 spiro atoms. The molecule has 2 aliphatic rings. The average Bonchev–Trinajstić information content (AvgIpc) is 3.30. The molecule has 1 aliphatic carbocycles. The third-order valence-corrected chi connectivity index (χ3v) is 7.10. The zero-order valence-corrected chi connectivity index (χ0v) is 16.9. The fraction of sp³-hybridized carbons (Fsp3) is 0.450. The zero-order chi connectivity index (χ0) is 18.8. The smallest absolute Gasteiger partial charge is 0.272 e. The van der Waals surface area contributed by atoms with Gasteiger partial charge in [-0.15, -0.1) is 11.8 Å². The van der Waals surface area contributed by atoms with Gasteiger partial charge in [-0.1, -0.05) is 49.7 Å². The van der Waals surface area contributed by atoms with Crippen molar-refractivity contribution < 1.29 is 4.79 Å². The molecular weight excluding hydrogens is 378 g/mol. The Bertz CT molecular complexity index is 892. The Balaban J connectivity index is 1.61. The van der Waals surface area contributed by atoms with Crippen molar-refractivity contribution in [3.8, 4) is 5.69 Å². The lowest BCUT2D eigenvalue weighted by atomic mass is 10.2. The van der Waals surface area contributed by atoms with E-state index in [0.29, 0.717) is 16.4 Å². The van der Waals surface area contributed by atoms with Crippen LogP contribution in [0, 0.1) is 0 Å². The zero-order valence-electron chi connectivity index (χ0n) is 15.3. The molecule has 1 aromatic heterocycles. The minimum Gasteiger partial charge on any atom is -0.353 e. The van der Waals surface area contributed by atoms with Crippen molar-refractivity contribution in [2.75, 3.05) is 5.75 Å². The molecule has 1 aromatic carbocycles. The van der Waals surface area contributed by atoms with Crippen LogP contribution in [0.2, 0.25) is 0 Å². The summed E-state index contributed by atoms with van der Waals surface area (Å²) in [6.07, 6.45) is 5.31. The molecule has 2 heterocycles. The van der Waals surface area contributed by atoms with Crippen LogP contribution in [0.15, 0.2) is 45.2 Å². The van der Waals surface area contributed by atoms with Crippen LogP contribution in [-0.4, -0.2) is 32.5 Å². The molecule has 1 N–H and O–H groups in total. The van der Waals surface area contributed by atoms with E-state index < -0.39 is 0 Å². The van der Waals surface area contributed by atoms with E-state index in [2.05, 4.69) is 12.2 Å². The molecule has 1 aliphatic heterocycles. The maximum absolute atomic E-state index is 13.1. The Morgan fingerprint density at radius 2 is 2.04 bits per heavy atom. The van der Waals surface area contributed by atoms with Crippen molar-refractivity contribution in [3.05, 3.63) is 46.4 Å². The van der Waals surface area contributed by atoms with Gasteiger partial charge in [0.2, 0.25) is 5.91 Å². The topological polar surface area (TPSA) is 64.0 Å². The summed E-state index contributed by atoms with van der Waals surface area (Å²) in [7, 11) is 0. The van der Waals surface area contributed by atoms with Crippen LogP contribution in [0.5, 0.6) is 0 Å². The molecule has 0 bridgehead atoms. The van der Waals surface area contributed by atoms with Gasteiger partial charge < -0.3 is 5.32 Å². The average molecular weight is 402 g/mol. The van der Waals surface area contributed by atoms with E-state index in [-0.39, 0.29) is 17.2 Å². The molecule has 1 fully saturated rings. The van der Waals surface area contributed by atoms with Gasteiger partial charge in [0, 0.05) is 17.7 Å². The molecule has 142 valence electrons. The number of amides is 1. The Morgan fingerprint density at radius 3 is 2.78 bits per heavy atom. The maximum Gasteiger partial charge on any atom is 0.272 e. The molecule has 1 saturated carbocycles. The Hall–Kier alpha value is -1.73. The lowest BCUT2D eigenvalue weighted by Crippen LogP contribution is -2.34. The lowest BCUT2D eigenvalue weighted by molar-refractivity contribution is -0.119. The summed E-state index contributed by atoms with van der Waals surface area (Å²) in [6, 6.07) is 9.86. The van der Waals surface area contributed by atoms with E-state index in [9.17, 15) is 9.59 Å². The largest absolute Gasteiger partial charge is 0.353 e. The molecule has 0 saturated heterocycles. The molecule has 5 nitrogen and oxygen atoms in total. The number of carbonyl (C=O) groups is 1. The summed E-state index contributed by atoms with van der Waals surface area (Å²) in [6.45, 7) is 2.11. The maximum atomic E-state index is 13.1. The quantitative estimate of drug-likeness (QED) is 0.614. The number of carbonyl (C=O) groups excluding carboxylic acids is 1. The van der Waals surface area contributed by atoms with Crippen molar-refractivity contribution in [2.24, 2.45) is 0 Å². The van der Waals surface area contributed by atoms with E-state index in [4.69, 9.17) is 4.98 Å². The number of para-hydroxylation sites is 1. The van der Waals surface area contributed by atoms with Crippen molar-refractivity contribution >= 4 is 29.4 Å². The fourth-order valence-corrected chi connectivity index (χ4v) is 5.61. The molecule has 2 aromatic rings. The van der Waals surface area contributed by atoms with Crippen molar-refractivity contribution in [3.63, 3.8) is 0 Å². The van der Waals surface area contributed by atoms with Crippen LogP contribution in [0.3, 0.4) is 0 Å². The number of benzene rings is 1. The molecule has 1 amide bonds. The van der Waals surface area contributed by atoms with Crippen molar-refractivity contribution in [1.82, 2.24) is 14.9 Å². The second-order valence-electron chi connectivity index (χ2n) is 7.12. The van der Waals surface area contributed by atoms with E-state index in [1.165, 1.54) is 24.6 Å². The Labute approximate surface area is 167 Å². The highest BCUT2D eigenvalue weighted by molar-refractivity contribution is 8.00. The molecule has 1 atom stereocenters. The predicted molar refractivity (Wildman–Crippen MR) is 110 cm³/mol. The summed E-state index contributed by atoms with van der Waals surface area (Å²) in [5, 5.41) is 4.06.